The van der Waals surface area contributed by atoms with Crippen LogP contribution in [0.3, 0.4) is 0 Å². The maximum Gasteiger partial charge on any atom is 0.184 e. The van der Waals surface area contributed by atoms with E-state index < -0.39 is 9.84 Å². The second-order valence-corrected chi connectivity index (χ2v) is 5.85. The maximum absolute atomic E-state index is 12.2. The number of sulfone groups is 1. The van der Waals surface area contributed by atoms with E-state index in [1.165, 1.54) is 0 Å². The molecule has 2 aromatic rings. The molecular formula is C12H10N2O2S. The number of nitrogens with one attached hydrogen (secondary N) is 1. The normalized spacial score (nSPS) is 16.2. The van der Waals surface area contributed by atoms with Gasteiger partial charge in [-0.05, 0) is 18.2 Å². The molecule has 0 amide bonds. The summed E-state index contributed by atoms with van der Waals surface area (Å²) in [4.78, 5) is 4.50. The van der Waals surface area contributed by atoms with Crippen LogP contribution in [0.5, 0.6) is 0 Å². The van der Waals surface area contributed by atoms with Crippen LogP contribution in [0.4, 0.5) is 11.5 Å². The van der Waals surface area contributed by atoms with Crippen LogP contribution in [0.2, 0.25) is 0 Å². The minimum Gasteiger partial charge on any atom is -0.339 e. The summed E-state index contributed by atoms with van der Waals surface area (Å²) in [7, 11) is -3.29. The Bertz CT molecular complexity index is 680. The number of hydrogen-bond acceptors (Lipinski definition) is 4. The van der Waals surface area contributed by atoms with Crippen LogP contribution in [-0.4, -0.2) is 13.4 Å². The van der Waals surface area contributed by atoms with Gasteiger partial charge < -0.3 is 5.32 Å². The van der Waals surface area contributed by atoms with Crippen LogP contribution in [0, 0.1) is 0 Å². The average Bonchev–Trinajstić information content (AvgIpc) is 2.42. The fraction of sp³-hybridized carbons (Fsp3) is 0.0833. The first-order valence-electron chi connectivity index (χ1n) is 5.19. The average molecular weight is 246 g/mol. The Morgan fingerprint density at radius 3 is 2.82 bits per heavy atom. The topological polar surface area (TPSA) is 59.1 Å². The molecule has 0 bridgehead atoms. The van der Waals surface area contributed by atoms with Gasteiger partial charge in [0.15, 0.2) is 9.84 Å². The molecule has 3 rings (SSSR count). The molecule has 5 heteroatoms. The van der Waals surface area contributed by atoms with Gasteiger partial charge in [-0.3, -0.25) is 0 Å². The van der Waals surface area contributed by atoms with Gasteiger partial charge in [0.1, 0.15) is 5.82 Å². The number of pyridine rings is 1. The molecule has 0 radical (unpaired) electrons. The lowest BCUT2D eigenvalue weighted by atomic mass is 10.2. The number of para-hydroxylation sites is 1. The van der Waals surface area contributed by atoms with E-state index >= 15 is 0 Å². The van der Waals surface area contributed by atoms with Crippen molar-refractivity contribution in [2.75, 3.05) is 5.32 Å². The van der Waals surface area contributed by atoms with E-state index in [1.54, 1.807) is 42.6 Å². The molecule has 1 N–H and O–H groups in total. The van der Waals surface area contributed by atoms with E-state index in [0.717, 1.165) is 0 Å². The molecule has 0 spiro atoms. The van der Waals surface area contributed by atoms with Crippen LogP contribution in [0.15, 0.2) is 47.5 Å². The summed E-state index contributed by atoms with van der Waals surface area (Å²) in [6.45, 7) is 0. The van der Waals surface area contributed by atoms with Gasteiger partial charge in [0.2, 0.25) is 0 Å². The van der Waals surface area contributed by atoms with Crippen LogP contribution in [0.1, 0.15) is 5.56 Å². The largest absolute Gasteiger partial charge is 0.339 e. The quantitative estimate of drug-likeness (QED) is 0.773. The smallest absolute Gasteiger partial charge is 0.184 e. The van der Waals surface area contributed by atoms with E-state index in [9.17, 15) is 8.42 Å². The van der Waals surface area contributed by atoms with Crippen molar-refractivity contribution in [3.63, 3.8) is 0 Å². The molecule has 1 aliphatic rings. The molecule has 1 aromatic carbocycles. The first kappa shape index (κ1) is 10.3. The van der Waals surface area contributed by atoms with Gasteiger partial charge in [-0.1, -0.05) is 18.2 Å². The molecule has 1 aromatic heterocycles. The Morgan fingerprint density at radius 1 is 1.12 bits per heavy atom. The monoisotopic (exact) mass is 246 g/mol. The number of benzene rings is 1. The Hall–Kier alpha value is -1.88. The highest BCUT2D eigenvalue weighted by Gasteiger charge is 2.24. The van der Waals surface area contributed by atoms with Crippen molar-refractivity contribution in [2.24, 2.45) is 0 Å². The lowest BCUT2D eigenvalue weighted by Gasteiger charge is -2.06. The zero-order valence-corrected chi connectivity index (χ0v) is 9.74. The summed E-state index contributed by atoms with van der Waals surface area (Å²) < 4.78 is 24.4. The molecule has 4 nitrogen and oxygen atoms in total. The summed E-state index contributed by atoms with van der Waals surface area (Å²) in [5.41, 5.74) is 1.29. The zero-order valence-electron chi connectivity index (χ0n) is 8.92. The fourth-order valence-corrected chi connectivity index (χ4v) is 3.46. The summed E-state index contributed by atoms with van der Waals surface area (Å²) >= 11 is 0. The lowest BCUT2D eigenvalue weighted by Crippen LogP contribution is -2.03. The number of rotatable bonds is 0. The van der Waals surface area contributed by atoms with Gasteiger partial charge in [-0.15, -0.1) is 0 Å². The van der Waals surface area contributed by atoms with Crippen molar-refractivity contribution in [1.82, 2.24) is 4.98 Å². The number of aromatic nitrogens is 1. The number of hydrogen-bond donors (Lipinski definition) is 1. The van der Waals surface area contributed by atoms with Crippen LogP contribution >= 0.6 is 0 Å². The minimum atomic E-state index is -3.29. The molecule has 0 atom stereocenters. The van der Waals surface area contributed by atoms with Crippen LogP contribution in [0.25, 0.3) is 0 Å². The van der Waals surface area contributed by atoms with E-state index in [1.807, 2.05) is 0 Å². The number of anilines is 2. The van der Waals surface area contributed by atoms with Crippen molar-refractivity contribution in [3.05, 3.63) is 48.2 Å². The van der Waals surface area contributed by atoms with Gasteiger partial charge >= 0.3 is 0 Å². The first-order valence-corrected chi connectivity index (χ1v) is 6.85. The minimum absolute atomic E-state index is 0.0137. The third-order valence-corrected chi connectivity index (χ3v) is 4.43. The second-order valence-electron chi connectivity index (χ2n) is 3.89. The molecule has 1 aliphatic heterocycles. The summed E-state index contributed by atoms with van der Waals surface area (Å²) in [5, 5.41) is 3.07. The molecule has 0 unspecified atom stereocenters. The molecular weight excluding hydrogens is 236 g/mol. The lowest BCUT2D eigenvalue weighted by molar-refractivity contribution is 0.596. The van der Waals surface area contributed by atoms with Gasteiger partial charge in [-0.2, -0.15) is 0 Å². The molecule has 0 aliphatic carbocycles. The van der Waals surface area contributed by atoms with E-state index in [-0.39, 0.29) is 5.75 Å². The van der Waals surface area contributed by atoms with E-state index in [4.69, 9.17) is 0 Å². The van der Waals surface area contributed by atoms with Gasteiger partial charge in [-0.25, -0.2) is 13.4 Å². The van der Waals surface area contributed by atoms with E-state index in [0.29, 0.717) is 22.0 Å². The Labute approximate surface area is 99.2 Å². The third kappa shape index (κ3) is 1.68. The highest BCUT2D eigenvalue weighted by atomic mass is 32.2. The van der Waals surface area contributed by atoms with Gasteiger partial charge in [0.25, 0.3) is 0 Å². The Morgan fingerprint density at radius 2 is 1.94 bits per heavy atom. The van der Waals surface area contributed by atoms with Crippen molar-refractivity contribution in [1.29, 1.82) is 0 Å². The van der Waals surface area contributed by atoms with Crippen molar-refractivity contribution in [2.45, 2.75) is 10.6 Å². The molecule has 0 fully saturated rings. The van der Waals surface area contributed by atoms with Crippen molar-refractivity contribution >= 4 is 21.3 Å². The van der Waals surface area contributed by atoms with Crippen molar-refractivity contribution < 1.29 is 8.42 Å². The zero-order chi connectivity index (χ0) is 11.9. The van der Waals surface area contributed by atoms with Crippen LogP contribution < -0.4 is 5.32 Å². The summed E-state index contributed by atoms with van der Waals surface area (Å²) in [6, 6.07) is 10.4. The first-order chi connectivity index (χ1) is 8.17. The molecule has 0 saturated carbocycles. The van der Waals surface area contributed by atoms with Crippen molar-refractivity contribution in [3.8, 4) is 0 Å². The predicted octanol–water partition coefficient (Wildman–Crippen LogP) is 2.11. The van der Waals surface area contributed by atoms with E-state index in [2.05, 4.69) is 10.3 Å². The summed E-state index contributed by atoms with van der Waals surface area (Å²) in [5.74, 6) is 0.598. The Kier molecular flexibility index (Phi) is 2.16. The van der Waals surface area contributed by atoms with Gasteiger partial charge in [0.05, 0.1) is 16.3 Å². The molecule has 0 saturated heterocycles. The molecule has 2 heterocycles. The number of fused-ring (bicyclic) bond motifs is 2. The molecule has 17 heavy (non-hydrogen) atoms. The molecule has 86 valence electrons. The highest BCUT2D eigenvalue weighted by molar-refractivity contribution is 7.90. The third-order valence-electron chi connectivity index (χ3n) is 2.71. The standard InChI is InChI=1S/C12H10N2O2S/c15-17(16)8-9-4-3-7-13-12(9)14-10-5-1-2-6-11(10)17/h1-7H,8H2,(H,13,14). The highest BCUT2D eigenvalue weighted by Crippen LogP contribution is 2.32. The fourth-order valence-electron chi connectivity index (χ4n) is 1.92. The van der Waals surface area contributed by atoms with Gasteiger partial charge in [0, 0.05) is 11.8 Å². The number of nitrogens with zero attached hydrogens (tertiary/aromatic N) is 1. The predicted molar refractivity (Wildman–Crippen MR) is 64.9 cm³/mol. The maximum atomic E-state index is 12.2. The summed E-state index contributed by atoms with van der Waals surface area (Å²) in [6.07, 6.45) is 1.65. The second kappa shape index (κ2) is 3.56. The Balaban J connectivity index is 2.28. The van der Waals surface area contributed by atoms with Crippen LogP contribution in [-0.2, 0) is 15.6 Å². The SMILES string of the molecule is O=S1(=O)Cc2cccnc2Nc2ccccc21.